The first-order valence-electron chi connectivity index (χ1n) is 3.25. The molecule has 1 atom stereocenters. The molecule has 0 aromatic rings. The van der Waals surface area contributed by atoms with E-state index in [-0.39, 0.29) is 12.3 Å². The number of hydrogen-bond donors (Lipinski definition) is 1. The van der Waals surface area contributed by atoms with Crippen molar-refractivity contribution >= 4 is 5.97 Å². The SMILES string of the molecule is CC(CCC#N)CC(=O)O. The third-order valence-corrected chi connectivity index (χ3v) is 1.27. The van der Waals surface area contributed by atoms with Crippen molar-refractivity contribution in [2.45, 2.75) is 26.2 Å². The summed E-state index contributed by atoms with van der Waals surface area (Å²) >= 11 is 0. The summed E-state index contributed by atoms with van der Waals surface area (Å²) in [6.07, 6.45) is 1.30. The fourth-order valence-corrected chi connectivity index (χ4v) is 0.711. The predicted molar refractivity (Wildman–Crippen MR) is 36.3 cm³/mol. The monoisotopic (exact) mass is 141 g/mol. The van der Waals surface area contributed by atoms with Crippen molar-refractivity contribution in [3.8, 4) is 6.07 Å². The molecule has 0 spiro atoms. The molecular formula is C7H11NO2. The van der Waals surface area contributed by atoms with Gasteiger partial charge in [0.2, 0.25) is 0 Å². The van der Waals surface area contributed by atoms with Crippen molar-refractivity contribution in [3.63, 3.8) is 0 Å². The molecule has 0 rings (SSSR count). The van der Waals surface area contributed by atoms with Gasteiger partial charge >= 0.3 is 5.97 Å². The Hall–Kier alpha value is -1.04. The van der Waals surface area contributed by atoms with E-state index in [0.29, 0.717) is 12.8 Å². The van der Waals surface area contributed by atoms with Crippen LogP contribution in [0.25, 0.3) is 0 Å². The Kier molecular flexibility index (Phi) is 4.30. The largest absolute Gasteiger partial charge is 0.481 e. The van der Waals surface area contributed by atoms with Gasteiger partial charge in [0.15, 0.2) is 0 Å². The van der Waals surface area contributed by atoms with Crippen molar-refractivity contribution in [2.24, 2.45) is 5.92 Å². The molecule has 0 heterocycles. The maximum atomic E-state index is 10.1. The number of carboxylic acid groups (broad SMARTS) is 1. The van der Waals surface area contributed by atoms with E-state index in [0.717, 1.165) is 0 Å². The van der Waals surface area contributed by atoms with E-state index in [1.54, 1.807) is 0 Å². The van der Waals surface area contributed by atoms with Crippen LogP contribution >= 0.6 is 0 Å². The van der Waals surface area contributed by atoms with Gasteiger partial charge in [0.1, 0.15) is 0 Å². The fourth-order valence-electron chi connectivity index (χ4n) is 0.711. The zero-order chi connectivity index (χ0) is 7.98. The molecule has 0 radical (unpaired) electrons. The molecule has 0 amide bonds. The van der Waals surface area contributed by atoms with Crippen molar-refractivity contribution in [1.82, 2.24) is 0 Å². The van der Waals surface area contributed by atoms with Crippen LogP contribution in [0.3, 0.4) is 0 Å². The third-order valence-electron chi connectivity index (χ3n) is 1.27. The molecule has 56 valence electrons. The van der Waals surface area contributed by atoms with Gasteiger partial charge in [-0.1, -0.05) is 6.92 Å². The quantitative estimate of drug-likeness (QED) is 0.643. The van der Waals surface area contributed by atoms with Crippen LogP contribution in [-0.4, -0.2) is 11.1 Å². The van der Waals surface area contributed by atoms with E-state index in [1.807, 2.05) is 13.0 Å². The number of aliphatic carboxylic acids is 1. The fraction of sp³-hybridized carbons (Fsp3) is 0.714. The molecule has 0 aliphatic carbocycles. The van der Waals surface area contributed by atoms with E-state index in [9.17, 15) is 4.79 Å². The Balaban J connectivity index is 3.36. The van der Waals surface area contributed by atoms with Crippen LogP contribution < -0.4 is 0 Å². The van der Waals surface area contributed by atoms with Gasteiger partial charge in [0.25, 0.3) is 0 Å². The maximum absolute atomic E-state index is 10.1. The van der Waals surface area contributed by atoms with E-state index < -0.39 is 5.97 Å². The lowest BCUT2D eigenvalue weighted by molar-refractivity contribution is -0.138. The molecular weight excluding hydrogens is 130 g/mol. The zero-order valence-electron chi connectivity index (χ0n) is 6.00. The number of nitrogens with zero attached hydrogens (tertiary/aromatic N) is 1. The second-order valence-corrected chi connectivity index (χ2v) is 2.40. The molecule has 10 heavy (non-hydrogen) atoms. The molecule has 0 fully saturated rings. The maximum Gasteiger partial charge on any atom is 0.303 e. The standard InChI is InChI=1S/C7H11NO2/c1-6(3-2-4-8)5-7(9)10/h6H,2-3,5H2,1H3,(H,9,10). The molecule has 0 aromatic heterocycles. The average molecular weight is 141 g/mol. The first-order chi connectivity index (χ1) is 4.66. The molecule has 0 bridgehead atoms. The lowest BCUT2D eigenvalue weighted by Gasteiger charge is -2.02. The van der Waals surface area contributed by atoms with Gasteiger partial charge in [-0.15, -0.1) is 0 Å². The second-order valence-electron chi connectivity index (χ2n) is 2.40. The summed E-state index contributed by atoms with van der Waals surface area (Å²) in [6.45, 7) is 1.84. The van der Waals surface area contributed by atoms with Gasteiger partial charge in [0.05, 0.1) is 6.07 Å². The normalized spacial score (nSPS) is 12.0. The first-order valence-corrected chi connectivity index (χ1v) is 3.25. The van der Waals surface area contributed by atoms with Crippen LogP contribution in [-0.2, 0) is 4.79 Å². The smallest absolute Gasteiger partial charge is 0.303 e. The Morgan fingerprint density at radius 1 is 1.80 bits per heavy atom. The summed E-state index contributed by atoms with van der Waals surface area (Å²) in [5.41, 5.74) is 0. The molecule has 3 heteroatoms. The van der Waals surface area contributed by atoms with Gasteiger partial charge in [-0.25, -0.2) is 0 Å². The number of carboxylic acids is 1. The van der Waals surface area contributed by atoms with Crippen molar-refractivity contribution in [2.75, 3.05) is 0 Å². The molecule has 1 N–H and O–H groups in total. The minimum absolute atomic E-state index is 0.122. The van der Waals surface area contributed by atoms with Gasteiger partial charge in [0, 0.05) is 12.8 Å². The zero-order valence-corrected chi connectivity index (χ0v) is 6.00. The molecule has 0 saturated heterocycles. The molecule has 0 saturated carbocycles. The summed E-state index contributed by atoms with van der Waals surface area (Å²) in [5.74, 6) is -0.664. The van der Waals surface area contributed by atoms with Gasteiger partial charge in [-0.05, 0) is 12.3 Å². The highest BCUT2D eigenvalue weighted by atomic mass is 16.4. The summed E-state index contributed by atoms with van der Waals surface area (Å²) in [4.78, 5) is 10.1. The van der Waals surface area contributed by atoms with Crippen LogP contribution in [0.15, 0.2) is 0 Å². The summed E-state index contributed by atoms with van der Waals surface area (Å²) < 4.78 is 0. The van der Waals surface area contributed by atoms with Crippen molar-refractivity contribution in [3.05, 3.63) is 0 Å². The highest BCUT2D eigenvalue weighted by molar-refractivity contribution is 5.66. The van der Waals surface area contributed by atoms with Crippen molar-refractivity contribution < 1.29 is 9.90 Å². The molecule has 3 nitrogen and oxygen atoms in total. The third kappa shape index (κ3) is 5.10. The van der Waals surface area contributed by atoms with Crippen LogP contribution in [0.5, 0.6) is 0 Å². The van der Waals surface area contributed by atoms with Gasteiger partial charge < -0.3 is 5.11 Å². The lowest BCUT2D eigenvalue weighted by Crippen LogP contribution is -2.03. The summed E-state index contributed by atoms with van der Waals surface area (Å²) in [5, 5.41) is 16.5. The highest BCUT2D eigenvalue weighted by Gasteiger charge is 2.05. The van der Waals surface area contributed by atoms with E-state index in [1.165, 1.54) is 0 Å². The van der Waals surface area contributed by atoms with Crippen LogP contribution in [0.1, 0.15) is 26.2 Å². The molecule has 0 aliphatic heterocycles. The van der Waals surface area contributed by atoms with Gasteiger partial charge in [-0.3, -0.25) is 4.79 Å². The second kappa shape index (κ2) is 4.80. The van der Waals surface area contributed by atoms with Crippen LogP contribution in [0, 0.1) is 17.2 Å². The lowest BCUT2D eigenvalue weighted by atomic mass is 10.0. The number of rotatable bonds is 4. The van der Waals surface area contributed by atoms with E-state index in [4.69, 9.17) is 10.4 Å². The first kappa shape index (κ1) is 8.96. The Labute approximate surface area is 60.3 Å². The van der Waals surface area contributed by atoms with E-state index >= 15 is 0 Å². The minimum atomic E-state index is -0.787. The number of nitriles is 1. The number of hydrogen-bond acceptors (Lipinski definition) is 2. The Morgan fingerprint density at radius 2 is 2.40 bits per heavy atom. The molecule has 0 aromatic carbocycles. The Bertz CT molecular complexity index is 148. The molecule has 0 aliphatic rings. The predicted octanol–water partition coefficient (Wildman–Crippen LogP) is 1.40. The number of carbonyl (C=O) groups is 1. The topological polar surface area (TPSA) is 61.1 Å². The Morgan fingerprint density at radius 3 is 2.80 bits per heavy atom. The molecule has 1 unspecified atom stereocenters. The summed E-state index contributed by atoms with van der Waals surface area (Å²) in [7, 11) is 0. The van der Waals surface area contributed by atoms with E-state index in [2.05, 4.69) is 0 Å². The van der Waals surface area contributed by atoms with Crippen LogP contribution in [0.4, 0.5) is 0 Å². The van der Waals surface area contributed by atoms with Crippen molar-refractivity contribution in [1.29, 1.82) is 5.26 Å². The summed E-state index contributed by atoms with van der Waals surface area (Å²) in [6, 6.07) is 1.98. The van der Waals surface area contributed by atoms with Crippen LogP contribution in [0.2, 0.25) is 0 Å². The highest BCUT2D eigenvalue weighted by Crippen LogP contribution is 2.08. The van der Waals surface area contributed by atoms with Gasteiger partial charge in [-0.2, -0.15) is 5.26 Å². The minimum Gasteiger partial charge on any atom is -0.481 e. The average Bonchev–Trinajstić information content (AvgIpc) is 1.82.